The molecule has 0 atom stereocenters. The summed E-state index contributed by atoms with van der Waals surface area (Å²) in [6.45, 7) is 1.94. The summed E-state index contributed by atoms with van der Waals surface area (Å²) in [5.41, 5.74) is 1.79. The molecule has 0 heterocycles. The first-order chi connectivity index (χ1) is 3.41. The van der Waals surface area contributed by atoms with Crippen molar-refractivity contribution in [1.29, 1.82) is 0 Å². The predicted octanol–water partition coefficient (Wildman–Crippen LogP) is 1.91. The van der Waals surface area contributed by atoms with E-state index in [4.69, 9.17) is 0 Å². The van der Waals surface area contributed by atoms with Gasteiger partial charge in [-0.15, -0.1) is 11.8 Å². The van der Waals surface area contributed by atoms with Crippen LogP contribution in [0.3, 0.4) is 0 Å². The first-order valence-corrected chi connectivity index (χ1v) is 3.36. The second-order valence-corrected chi connectivity index (χ2v) is 1.65. The van der Waals surface area contributed by atoms with E-state index in [0.29, 0.717) is 0 Å². The van der Waals surface area contributed by atoms with Gasteiger partial charge in [0.25, 0.3) is 0 Å². The molecule has 0 aromatic rings. The Kier molecular flexibility index (Phi) is 5.56. The second-order valence-electron chi connectivity index (χ2n) is 0.973. The van der Waals surface area contributed by atoms with Crippen LogP contribution < -0.4 is 0 Å². The molecule has 0 saturated carbocycles. The fraction of sp³-hybridized carbons (Fsp3) is 0.400. The first-order valence-electron chi connectivity index (χ1n) is 2.07. The van der Waals surface area contributed by atoms with Gasteiger partial charge in [0.1, 0.15) is 0 Å². The van der Waals surface area contributed by atoms with Gasteiger partial charge in [-0.1, -0.05) is 6.08 Å². The van der Waals surface area contributed by atoms with Crippen LogP contribution in [-0.4, -0.2) is 11.8 Å². The molecule has 0 bridgehead atoms. The van der Waals surface area contributed by atoms with Crippen LogP contribution in [0.1, 0.15) is 6.92 Å². The molecule has 0 fully saturated rings. The van der Waals surface area contributed by atoms with E-state index >= 15 is 0 Å². The monoisotopic (exact) mass is 115 g/mol. The normalized spacial score (nSPS) is 11.7. The van der Waals surface area contributed by atoms with Crippen LogP contribution in [-0.2, 0) is 0 Å². The number of aliphatic imine (C=N–C) groups is 1. The Hall–Kier alpha value is -0.240. The Morgan fingerprint density at radius 3 is 2.71 bits per heavy atom. The van der Waals surface area contributed by atoms with Gasteiger partial charge in [-0.05, 0) is 13.2 Å². The van der Waals surface area contributed by atoms with Crippen molar-refractivity contribution in [2.75, 3.05) is 6.26 Å². The third-order valence-electron chi connectivity index (χ3n) is 0.401. The summed E-state index contributed by atoms with van der Waals surface area (Å²) in [5, 5.41) is 0. The minimum absolute atomic E-state index is 1.60. The number of thioether (sulfide) groups is 1. The molecule has 0 aliphatic heterocycles. The summed E-state index contributed by atoms with van der Waals surface area (Å²) in [7, 11) is 0. The largest absolute Gasteiger partial charge is 0.258 e. The van der Waals surface area contributed by atoms with Crippen molar-refractivity contribution >= 4 is 17.3 Å². The van der Waals surface area contributed by atoms with E-state index in [0.717, 1.165) is 0 Å². The average molecular weight is 115 g/mol. The average Bonchev–Trinajstić information content (AvgIpc) is 1.69. The highest BCUT2D eigenvalue weighted by Crippen LogP contribution is 1.82. The SMILES string of the molecule is C/C=C/N=CSC. The van der Waals surface area contributed by atoms with Crippen LogP contribution in [0.25, 0.3) is 0 Å². The highest BCUT2D eigenvalue weighted by Gasteiger charge is 1.57. The molecule has 1 nitrogen and oxygen atoms in total. The molecule has 0 N–H and O–H groups in total. The number of nitrogens with zero attached hydrogens (tertiary/aromatic N) is 1. The van der Waals surface area contributed by atoms with Crippen molar-refractivity contribution < 1.29 is 0 Å². The maximum atomic E-state index is 3.87. The molecule has 2 heteroatoms. The van der Waals surface area contributed by atoms with Crippen LogP contribution in [0.2, 0.25) is 0 Å². The zero-order chi connectivity index (χ0) is 5.54. The van der Waals surface area contributed by atoms with Crippen LogP contribution in [0.15, 0.2) is 17.3 Å². The van der Waals surface area contributed by atoms with Gasteiger partial charge >= 0.3 is 0 Å². The van der Waals surface area contributed by atoms with Crippen molar-refractivity contribution in [1.82, 2.24) is 0 Å². The van der Waals surface area contributed by atoms with Gasteiger partial charge in [-0.25, -0.2) is 0 Å². The van der Waals surface area contributed by atoms with Gasteiger partial charge in [0.15, 0.2) is 0 Å². The van der Waals surface area contributed by atoms with Gasteiger partial charge in [-0.2, -0.15) is 0 Å². The number of allylic oxidation sites excluding steroid dienone is 1. The lowest BCUT2D eigenvalue weighted by molar-refractivity contribution is 1.56. The Bertz CT molecular complexity index is 76.1. The van der Waals surface area contributed by atoms with Crippen LogP contribution >= 0.6 is 11.8 Å². The van der Waals surface area contributed by atoms with Gasteiger partial charge in [0.05, 0.1) is 5.55 Å². The molecule has 0 spiro atoms. The summed E-state index contributed by atoms with van der Waals surface area (Å²) in [6.07, 6.45) is 5.64. The number of hydrogen-bond acceptors (Lipinski definition) is 2. The van der Waals surface area contributed by atoms with E-state index < -0.39 is 0 Å². The van der Waals surface area contributed by atoms with E-state index in [9.17, 15) is 0 Å². The Balaban J connectivity index is 3.09. The molecular formula is C5H9NS. The number of hydrogen-bond donors (Lipinski definition) is 0. The number of rotatable bonds is 2. The maximum absolute atomic E-state index is 3.87. The van der Waals surface area contributed by atoms with Crippen molar-refractivity contribution in [2.45, 2.75) is 6.92 Å². The molecule has 0 unspecified atom stereocenters. The predicted molar refractivity (Wildman–Crippen MR) is 36.8 cm³/mol. The lowest BCUT2D eigenvalue weighted by Gasteiger charge is -1.71. The fourth-order valence-electron chi connectivity index (χ4n) is 0.182. The maximum Gasteiger partial charge on any atom is 0.0593 e. The van der Waals surface area contributed by atoms with Crippen molar-refractivity contribution in [3.8, 4) is 0 Å². The summed E-state index contributed by atoms with van der Waals surface area (Å²) in [5.74, 6) is 0. The smallest absolute Gasteiger partial charge is 0.0593 e. The summed E-state index contributed by atoms with van der Waals surface area (Å²) in [4.78, 5) is 3.87. The van der Waals surface area contributed by atoms with Gasteiger partial charge in [-0.3, -0.25) is 4.99 Å². The molecular weight excluding hydrogens is 106 g/mol. The minimum Gasteiger partial charge on any atom is -0.258 e. The third kappa shape index (κ3) is 5.76. The lowest BCUT2D eigenvalue weighted by atomic mass is 10.7. The molecule has 0 aromatic heterocycles. The molecule has 0 aliphatic rings. The fourth-order valence-corrected chi connectivity index (χ4v) is 0.374. The highest BCUT2D eigenvalue weighted by molar-refractivity contribution is 8.11. The second kappa shape index (κ2) is 5.76. The summed E-state index contributed by atoms with van der Waals surface area (Å²) >= 11 is 1.60. The molecule has 0 radical (unpaired) electrons. The molecule has 0 aromatic carbocycles. The standard InChI is InChI=1S/C5H9NS/c1-3-4-6-5-7-2/h3-5H,1-2H3/b4-3+,6-5?. The van der Waals surface area contributed by atoms with Crippen LogP contribution in [0.4, 0.5) is 0 Å². The molecule has 40 valence electrons. The third-order valence-corrected chi connectivity index (χ3v) is 0.734. The van der Waals surface area contributed by atoms with Gasteiger partial charge < -0.3 is 0 Å². The van der Waals surface area contributed by atoms with Crippen LogP contribution in [0.5, 0.6) is 0 Å². The molecule has 0 saturated heterocycles. The van der Waals surface area contributed by atoms with Crippen molar-refractivity contribution in [2.24, 2.45) is 4.99 Å². The van der Waals surface area contributed by atoms with E-state index in [1.165, 1.54) is 0 Å². The van der Waals surface area contributed by atoms with E-state index in [-0.39, 0.29) is 0 Å². The van der Waals surface area contributed by atoms with Crippen LogP contribution in [0, 0.1) is 0 Å². The Morgan fingerprint density at radius 2 is 2.29 bits per heavy atom. The van der Waals surface area contributed by atoms with Gasteiger partial charge in [0.2, 0.25) is 0 Å². The molecule has 7 heavy (non-hydrogen) atoms. The van der Waals surface area contributed by atoms with Crippen molar-refractivity contribution in [3.63, 3.8) is 0 Å². The topological polar surface area (TPSA) is 12.4 Å². The Labute approximate surface area is 48.5 Å². The highest BCUT2D eigenvalue weighted by atomic mass is 32.2. The Morgan fingerprint density at radius 1 is 1.57 bits per heavy atom. The molecule has 0 rings (SSSR count). The van der Waals surface area contributed by atoms with E-state index in [2.05, 4.69) is 4.99 Å². The summed E-state index contributed by atoms with van der Waals surface area (Å²) < 4.78 is 0. The lowest BCUT2D eigenvalue weighted by Crippen LogP contribution is -1.53. The summed E-state index contributed by atoms with van der Waals surface area (Å²) in [6, 6.07) is 0. The zero-order valence-corrected chi connectivity index (χ0v) is 5.40. The minimum atomic E-state index is 1.60. The van der Waals surface area contributed by atoms with Crippen molar-refractivity contribution in [3.05, 3.63) is 12.3 Å². The van der Waals surface area contributed by atoms with E-state index in [1.54, 1.807) is 23.5 Å². The first kappa shape index (κ1) is 6.76. The zero-order valence-electron chi connectivity index (χ0n) is 4.59. The quantitative estimate of drug-likeness (QED) is 0.395. The van der Waals surface area contributed by atoms with E-state index in [1.807, 2.05) is 19.3 Å². The molecule has 0 aliphatic carbocycles. The molecule has 0 amide bonds. The van der Waals surface area contributed by atoms with Gasteiger partial charge in [0, 0.05) is 6.20 Å².